The monoisotopic (exact) mass is 540 g/mol. The Bertz CT molecular complexity index is 1080. The minimum Gasteiger partial charge on any atom is -0.396 e. The molecular formula is C26H32Cl2F2N2O2Si. The molecule has 9 heteroatoms. The number of nitrogens with zero attached hydrogens (tertiary/aromatic N) is 2. The van der Waals surface area contributed by atoms with E-state index in [9.17, 15) is 13.9 Å². The number of halogens is 4. The number of aromatic nitrogens is 2. The van der Waals surface area contributed by atoms with Crippen LogP contribution in [-0.2, 0) is 17.9 Å². The van der Waals surface area contributed by atoms with E-state index >= 15 is 0 Å². The van der Waals surface area contributed by atoms with Gasteiger partial charge >= 0.3 is 0 Å². The molecular weight excluding hydrogens is 509 g/mol. The van der Waals surface area contributed by atoms with Crippen molar-refractivity contribution in [2.75, 3.05) is 13.2 Å². The van der Waals surface area contributed by atoms with Crippen LogP contribution in [0.4, 0.5) is 8.78 Å². The standard InChI is InChI=1S/C26H32Cl2F2N2O2Si/c1-35(2,3)13-12-34-17-32-20(6-4-5-11-33)16-31-26(32)25(18-7-9-23(29)21(27)14-18)19-8-10-24(30)22(28)15-19/h7-10,14-16,25,33H,4-6,11-13,17H2,1-3H3. The summed E-state index contributed by atoms with van der Waals surface area (Å²) < 4.78 is 36.1. The Balaban J connectivity index is 2.06. The van der Waals surface area contributed by atoms with E-state index in [0.29, 0.717) is 43.1 Å². The van der Waals surface area contributed by atoms with Gasteiger partial charge in [0.25, 0.3) is 0 Å². The predicted molar refractivity (Wildman–Crippen MR) is 140 cm³/mol. The van der Waals surface area contributed by atoms with Crippen molar-refractivity contribution in [2.45, 2.75) is 57.6 Å². The van der Waals surface area contributed by atoms with Crippen LogP contribution in [0.25, 0.3) is 0 Å². The highest BCUT2D eigenvalue weighted by molar-refractivity contribution is 6.76. The highest BCUT2D eigenvalue weighted by Crippen LogP contribution is 2.35. The molecule has 0 aliphatic carbocycles. The van der Waals surface area contributed by atoms with Crippen LogP contribution in [0.1, 0.15) is 41.4 Å². The topological polar surface area (TPSA) is 47.3 Å². The molecule has 0 saturated carbocycles. The van der Waals surface area contributed by atoms with E-state index < -0.39 is 25.6 Å². The largest absolute Gasteiger partial charge is 0.396 e. The van der Waals surface area contributed by atoms with Crippen molar-refractivity contribution in [3.8, 4) is 0 Å². The second-order valence-corrected chi connectivity index (χ2v) is 16.3. The summed E-state index contributed by atoms with van der Waals surface area (Å²) in [6, 6.07) is 10.1. The van der Waals surface area contributed by atoms with Gasteiger partial charge in [-0.3, -0.25) is 0 Å². The third kappa shape index (κ3) is 7.60. The van der Waals surface area contributed by atoms with Gasteiger partial charge in [0.15, 0.2) is 0 Å². The number of rotatable bonds is 12. The molecule has 0 atom stereocenters. The summed E-state index contributed by atoms with van der Waals surface area (Å²) in [6.45, 7) is 7.95. The van der Waals surface area contributed by atoms with E-state index in [1.807, 2.05) is 4.57 Å². The minimum absolute atomic E-state index is 0.00614. The fourth-order valence-electron chi connectivity index (χ4n) is 3.83. The van der Waals surface area contributed by atoms with E-state index in [-0.39, 0.29) is 16.7 Å². The molecule has 1 N–H and O–H groups in total. The second-order valence-electron chi connectivity index (χ2n) is 9.84. The van der Waals surface area contributed by atoms with Crippen LogP contribution in [0.5, 0.6) is 0 Å². The Morgan fingerprint density at radius 2 is 1.60 bits per heavy atom. The first-order valence-corrected chi connectivity index (χ1v) is 16.2. The van der Waals surface area contributed by atoms with Crippen molar-refractivity contribution in [2.24, 2.45) is 0 Å². The summed E-state index contributed by atoms with van der Waals surface area (Å²) in [6.07, 6.45) is 4.00. The third-order valence-corrected chi connectivity index (χ3v) is 8.12. The molecule has 0 fully saturated rings. The zero-order valence-corrected chi connectivity index (χ0v) is 22.8. The number of ether oxygens (including phenoxy) is 1. The van der Waals surface area contributed by atoms with Crippen molar-refractivity contribution in [1.29, 1.82) is 0 Å². The number of benzene rings is 2. The van der Waals surface area contributed by atoms with Gasteiger partial charge in [-0.1, -0.05) is 55.0 Å². The first kappa shape index (κ1) is 27.8. The molecule has 3 aromatic rings. The van der Waals surface area contributed by atoms with Gasteiger partial charge in [0.1, 0.15) is 24.2 Å². The highest BCUT2D eigenvalue weighted by Gasteiger charge is 2.25. The lowest BCUT2D eigenvalue weighted by Gasteiger charge is -2.22. The number of aliphatic hydroxyl groups excluding tert-OH is 1. The van der Waals surface area contributed by atoms with Gasteiger partial charge < -0.3 is 14.4 Å². The summed E-state index contributed by atoms with van der Waals surface area (Å²) in [5.74, 6) is -0.844. The number of hydrogen-bond acceptors (Lipinski definition) is 3. The number of unbranched alkanes of at least 4 members (excludes halogenated alkanes) is 1. The maximum atomic E-state index is 14.0. The maximum Gasteiger partial charge on any atom is 0.141 e. The van der Waals surface area contributed by atoms with E-state index in [1.165, 1.54) is 12.1 Å². The van der Waals surface area contributed by atoms with Crippen molar-refractivity contribution in [3.05, 3.63) is 86.9 Å². The molecule has 1 heterocycles. The minimum atomic E-state index is -1.26. The van der Waals surface area contributed by atoms with Gasteiger partial charge in [-0.05, 0) is 60.7 Å². The summed E-state index contributed by atoms with van der Waals surface area (Å²) in [7, 11) is -1.26. The van der Waals surface area contributed by atoms with Crippen molar-refractivity contribution in [3.63, 3.8) is 0 Å². The predicted octanol–water partition coefficient (Wildman–Crippen LogP) is 7.28. The molecule has 1 aromatic heterocycles. The van der Waals surface area contributed by atoms with E-state index in [4.69, 9.17) is 32.9 Å². The van der Waals surface area contributed by atoms with Gasteiger partial charge in [0.2, 0.25) is 0 Å². The molecule has 2 aromatic carbocycles. The summed E-state index contributed by atoms with van der Waals surface area (Å²) in [4.78, 5) is 4.74. The van der Waals surface area contributed by atoms with Crippen LogP contribution in [0.3, 0.4) is 0 Å². The molecule has 0 saturated heterocycles. The van der Waals surface area contributed by atoms with E-state index in [1.54, 1.807) is 30.5 Å². The van der Waals surface area contributed by atoms with Gasteiger partial charge in [-0.25, -0.2) is 13.8 Å². The molecule has 0 aliphatic rings. The highest BCUT2D eigenvalue weighted by atomic mass is 35.5. The molecule has 190 valence electrons. The fraction of sp³-hybridized carbons (Fsp3) is 0.423. The van der Waals surface area contributed by atoms with Gasteiger partial charge in [0, 0.05) is 33.2 Å². The lowest BCUT2D eigenvalue weighted by molar-refractivity contribution is 0.0830. The zero-order chi connectivity index (χ0) is 25.6. The SMILES string of the molecule is C[Si](C)(C)CCOCn1c(CCCCO)cnc1C(c1ccc(F)c(Cl)c1)c1ccc(F)c(Cl)c1. The van der Waals surface area contributed by atoms with Gasteiger partial charge in [-0.15, -0.1) is 0 Å². The first-order chi connectivity index (χ1) is 16.6. The molecule has 0 unspecified atom stereocenters. The summed E-state index contributed by atoms with van der Waals surface area (Å²) in [5.41, 5.74) is 2.37. The molecule has 0 spiro atoms. The van der Waals surface area contributed by atoms with Crippen LogP contribution in [-0.4, -0.2) is 35.9 Å². The quantitative estimate of drug-likeness (QED) is 0.194. The summed E-state index contributed by atoms with van der Waals surface area (Å²) in [5, 5.41) is 9.21. The number of aliphatic hydroxyl groups is 1. The maximum absolute atomic E-state index is 14.0. The normalized spacial score (nSPS) is 12.0. The van der Waals surface area contributed by atoms with Gasteiger partial charge in [-0.2, -0.15) is 0 Å². The van der Waals surface area contributed by atoms with Crippen molar-refractivity contribution < 1.29 is 18.6 Å². The Labute approximate surface area is 216 Å². The van der Waals surface area contributed by atoms with E-state index in [2.05, 4.69) is 19.6 Å². The zero-order valence-electron chi connectivity index (χ0n) is 20.3. The number of imidazole rings is 1. The van der Waals surface area contributed by atoms with Crippen LogP contribution in [0.15, 0.2) is 42.6 Å². The van der Waals surface area contributed by atoms with Crippen LogP contribution in [0, 0.1) is 11.6 Å². The number of aryl methyl sites for hydroxylation is 1. The molecule has 0 radical (unpaired) electrons. The lowest BCUT2D eigenvalue weighted by Crippen LogP contribution is -2.23. The number of hydrogen-bond donors (Lipinski definition) is 1. The molecule has 0 bridgehead atoms. The third-order valence-electron chi connectivity index (χ3n) is 5.84. The van der Waals surface area contributed by atoms with Gasteiger partial charge in [0.05, 0.1) is 16.0 Å². The average molecular weight is 542 g/mol. The Morgan fingerprint density at radius 3 is 2.11 bits per heavy atom. The second kappa shape index (κ2) is 12.5. The van der Waals surface area contributed by atoms with Crippen molar-refractivity contribution in [1.82, 2.24) is 9.55 Å². The first-order valence-electron chi connectivity index (χ1n) is 11.7. The Morgan fingerprint density at radius 1 is 1.00 bits per heavy atom. The molecule has 35 heavy (non-hydrogen) atoms. The molecule has 0 amide bonds. The Kier molecular flexibility index (Phi) is 9.90. The average Bonchev–Trinajstić information content (AvgIpc) is 3.18. The Hall–Kier alpha value is -1.77. The lowest BCUT2D eigenvalue weighted by atomic mass is 9.90. The summed E-state index contributed by atoms with van der Waals surface area (Å²) >= 11 is 12.3. The van der Waals surface area contributed by atoms with Crippen LogP contribution < -0.4 is 0 Å². The van der Waals surface area contributed by atoms with Crippen molar-refractivity contribution >= 4 is 31.3 Å². The van der Waals surface area contributed by atoms with Crippen LogP contribution in [0.2, 0.25) is 35.7 Å². The fourth-order valence-corrected chi connectivity index (χ4v) is 4.97. The smallest absolute Gasteiger partial charge is 0.141 e. The molecule has 3 rings (SSSR count). The molecule has 0 aliphatic heterocycles. The van der Waals surface area contributed by atoms with E-state index in [0.717, 1.165) is 18.2 Å². The molecule has 4 nitrogen and oxygen atoms in total. The van der Waals surface area contributed by atoms with Crippen LogP contribution >= 0.6 is 23.2 Å².